The maximum absolute atomic E-state index is 11.9. The van der Waals surface area contributed by atoms with Crippen molar-refractivity contribution in [1.29, 1.82) is 0 Å². The van der Waals surface area contributed by atoms with Gasteiger partial charge < -0.3 is 5.11 Å². The van der Waals surface area contributed by atoms with Crippen molar-refractivity contribution in [2.75, 3.05) is 0 Å². The number of halogens is 1. The van der Waals surface area contributed by atoms with Crippen molar-refractivity contribution in [3.05, 3.63) is 28.8 Å². The van der Waals surface area contributed by atoms with Gasteiger partial charge in [-0.2, -0.15) is 0 Å². The van der Waals surface area contributed by atoms with Crippen molar-refractivity contribution < 1.29 is 13.5 Å². The van der Waals surface area contributed by atoms with Gasteiger partial charge in [0.15, 0.2) is 0 Å². The Morgan fingerprint density at radius 2 is 2.12 bits per heavy atom. The third-order valence-corrected chi connectivity index (χ3v) is 4.42. The first-order valence-corrected chi connectivity index (χ1v) is 7.18. The summed E-state index contributed by atoms with van der Waals surface area (Å²) < 4.78 is 26.4. The van der Waals surface area contributed by atoms with Gasteiger partial charge in [0.25, 0.3) is 0 Å². The Hall–Kier alpha value is -0.620. The van der Waals surface area contributed by atoms with Crippen LogP contribution in [-0.2, 0) is 16.6 Å². The van der Waals surface area contributed by atoms with Gasteiger partial charge in [-0.25, -0.2) is 13.1 Å². The minimum absolute atomic E-state index is 0.117. The number of aliphatic hydroxyl groups is 1. The average Bonchev–Trinajstić information content (AvgIpc) is 2.28. The van der Waals surface area contributed by atoms with E-state index in [1.54, 1.807) is 6.92 Å². The van der Waals surface area contributed by atoms with Crippen LogP contribution >= 0.6 is 11.6 Å². The molecule has 0 bridgehead atoms. The van der Waals surface area contributed by atoms with Gasteiger partial charge in [0, 0.05) is 11.1 Å². The second-order valence-electron chi connectivity index (χ2n) is 3.84. The molecule has 0 aliphatic carbocycles. The Labute approximate surface area is 107 Å². The van der Waals surface area contributed by atoms with E-state index in [1.165, 1.54) is 18.2 Å². The Kier molecular flexibility index (Phi) is 4.94. The van der Waals surface area contributed by atoms with Crippen LogP contribution in [0.15, 0.2) is 23.1 Å². The minimum Gasteiger partial charge on any atom is -0.392 e. The molecule has 0 radical (unpaired) electrons. The highest BCUT2D eigenvalue weighted by molar-refractivity contribution is 7.89. The molecule has 2 N–H and O–H groups in total. The summed E-state index contributed by atoms with van der Waals surface area (Å²) in [5.74, 6) is 0. The van der Waals surface area contributed by atoms with Crippen LogP contribution in [0.5, 0.6) is 0 Å². The maximum Gasteiger partial charge on any atom is 0.240 e. The number of sulfonamides is 1. The van der Waals surface area contributed by atoms with Crippen molar-refractivity contribution in [1.82, 2.24) is 4.72 Å². The monoisotopic (exact) mass is 277 g/mol. The topological polar surface area (TPSA) is 66.4 Å². The van der Waals surface area contributed by atoms with Crippen molar-refractivity contribution in [3.63, 3.8) is 0 Å². The van der Waals surface area contributed by atoms with Crippen molar-refractivity contribution >= 4 is 21.6 Å². The summed E-state index contributed by atoms with van der Waals surface area (Å²) in [6.45, 7) is 3.40. The molecule has 17 heavy (non-hydrogen) atoms. The zero-order chi connectivity index (χ0) is 13.1. The fourth-order valence-electron chi connectivity index (χ4n) is 1.26. The molecule has 0 aromatic heterocycles. The molecule has 1 unspecified atom stereocenters. The number of hydrogen-bond donors (Lipinski definition) is 2. The van der Waals surface area contributed by atoms with Gasteiger partial charge in [0.1, 0.15) is 0 Å². The van der Waals surface area contributed by atoms with Crippen LogP contribution in [0.2, 0.25) is 5.02 Å². The van der Waals surface area contributed by atoms with E-state index in [0.717, 1.165) is 0 Å². The first-order chi connectivity index (χ1) is 7.90. The van der Waals surface area contributed by atoms with Gasteiger partial charge in [-0.15, -0.1) is 0 Å². The van der Waals surface area contributed by atoms with Gasteiger partial charge in [-0.05, 0) is 37.1 Å². The Morgan fingerprint density at radius 1 is 1.47 bits per heavy atom. The summed E-state index contributed by atoms with van der Waals surface area (Å²) in [7, 11) is -3.54. The number of nitrogens with one attached hydrogen (secondary N) is 1. The summed E-state index contributed by atoms with van der Waals surface area (Å²) in [6.07, 6.45) is 0.708. The molecule has 1 atom stereocenters. The quantitative estimate of drug-likeness (QED) is 0.864. The average molecular weight is 278 g/mol. The summed E-state index contributed by atoms with van der Waals surface area (Å²) in [6, 6.07) is 4.14. The molecule has 0 aliphatic heterocycles. The molecule has 0 fully saturated rings. The van der Waals surface area contributed by atoms with Gasteiger partial charge in [0.05, 0.1) is 11.5 Å². The minimum atomic E-state index is -3.54. The van der Waals surface area contributed by atoms with E-state index >= 15 is 0 Å². The van der Waals surface area contributed by atoms with E-state index in [4.69, 9.17) is 16.7 Å². The number of benzene rings is 1. The summed E-state index contributed by atoms with van der Waals surface area (Å²) in [4.78, 5) is 0.117. The molecule has 4 nitrogen and oxygen atoms in total. The highest BCUT2D eigenvalue weighted by Gasteiger charge is 2.17. The molecule has 0 heterocycles. The van der Waals surface area contributed by atoms with Crippen LogP contribution in [0.25, 0.3) is 0 Å². The van der Waals surface area contributed by atoms with Crippen molar-refractivity contribution in [3.8, 4) is 0 Å². The molecular formula is C11H16ClNO3S. The predicted molar refractivity (Wildman–Crippen MR) is 67.4 cm³/mol. The smallest absolute Gasteiger partial charge is 0.240 e. The molecule has 1 aromatic carbocycles. The first kappa shape index (κ1) is 14.4. The Morgan fingerprint density at radius 3 is 2.65 bits per heavy atom. The van der Waals surface area contributed by atoms with E-state index in [2.05, 4.69) is 4.72 Å². The van der Waals surface area contributed by atoms with E-state index in [1.807, 2.05) is 6.92 Å². The lowest BCUT2D eigenvalue weighted by Crippen LogP contribution is -2.32. The zero-order valence-electron chi connectivity index (χ0n) is 9.77. The van der Waals surface area contributed by atoms with Crippen LogP contribution in [0.1, 0.15) is 25.8 Å². The van der Waals surface area contributed by atoms with Crippen LogP contribution < -0.4 is 4.72 Å². The first-order valence-electron chi connectivity index (χ1n) is 5.32. The summed E-state index contributed by atoms with van der Waals surface area (Å²) >= 11 is 5.80. The Bertz CT molecular complexity index is 487. The lowest BCUT2D eigenvalue weighted by Gasteiger charge is -2.13. The number of aliphatic hydroxyl groups excluding tert-OH is 1. The number of hydrogen-bond acceptors (Lipinski definition) is 3. The third-order valence-electron chi connectivity index (χ3n) is 2.47. The highest BCUT2D eigenvalue weighted by atomic mass is 35.5. The fraction of sp³-hybridized carbons (Fsp3) is 0.455. The SMILES string of the molecule is CCC(C)NS(=O)(=O)c1ccc(Cl)c(CO)c1. The molecule has 0 aliphatic rings. The standard InChI is InChI=1S/C11H16ClNO3S/c1-3-8(2)13-17(15,16)10-4-5-11(12)9(6-10)7-14/h4-6,8,13-14H,3,7H2,1-2H3. The number of rotatable bonds is 5. The molecule has 6 heteroatoms. The molecule has 0 amide bonds. The molecule has 1 rings (SSSR count). The van der Waals surface area contributed by atoms with E-state index < -0.39 is 10.0 Å². The van der Waals surface area contributed by atoms with Crippen LogP contribution in [-0.4, -0.2) is 19.6 Å². The van der Waals surface area contributed by atoms with Crippen molar-refractivity contribution in [2.45, 2.75) is 37.8 Å². The Balaban J connectivity index is 3.07. The van der Waals surface area contributed by atoms with Crippen LogP contribution in [0.3, 0.4) is 0 Å². The lowest BCUT2D eigenvalue weighted by atomic mass is 10.2. The molecule has 0 spiro atoms. The molecular weight excluding hydrogens is 262 g/mol. The fourth-order valence-corrected chi connectivity index (χ4v) is 2.81. The molecule has 0 saturated heterocycles. The second kappa shape index (κ2) is 5.82. The summed E-state index contributed by atoms with van der Waals surface area (Å²) in [5, 5.41) is 9.39. The predicted octanol–water partition coefficient (Wildman–Crippen LogP) is 1.91. The third kappa shape index (κ3) is 3.67. The largest absolute Gasteiger partial charge is 0.392 e. The van der Waals surface area contributed by atoms with Gasteiger partial charge in [0.2, 0.25) is 10.0 Å². The van der Waals surface area contributed by atoms with Gasteiger partial charge in [-0.1, -0.05) is 18.5 Å². The van der Waals surface area contributed by atoms with Gasteiger partial charge in [-0.3, -0.25) is 0 Å². The maximum atomic E-state index is 11.9. The molecule has 1 aromatic rings. The lowest BCUT2D eigenvalue weighted by molar-refractivity contribution is 0.281. The molecule has 0 saturated carbocycles. The van der Waals surface area contributed by atoms with E-state index in [9.17, 15) is 8.42 Å². The van der Waals surface area contributed by atoms with Crippen LogP contribution in [0.4, 0.5) is 0 Å². The zero-order valence-corrected chi connectivity index (χ0v) is 11.3. The second-order valence-corrected chi connectivity index (χ2v) is 5.96. The highest BCUT2D eigenvalue weighted by Crippen LogP contribution is 2.20. The van der Waals surface area contributed by atoms with Crippen molar-refractivity contribution in [2.24, 2.45) is 0 Å². The summed E-state index contributed by atoms with van der Waals surface area (Å²) in [5.41, 5.74) is 0.402. The molecule has 96 valence electrons. The van der Waals surface area contributed by atoms with E-state index in [-0.39, 0.29) is 17.5 Å². The van der Waals surface area contributed by atoms with Gasteiger partial charge >= 0.3 is 0 Å². The van der Waals surface area contributed by atoms with E-state index in [0.29, 0.717) is 17.0 Å². The normalized spacial score (nSPS) is 13.6. The van der Waals surface area contributed by atoms with Crippen LogP contribution in [0, 0.1) is 0 Å².